The molecule has 0 aliphatic heterocycles. The molecule has 0 saturated heterocycles. The van der Waals surface area contributed by atoms with E-state index in [1.165, 1.54) is 51.4 Å². The van der Waals surface area contributed by atoms with Crippen molar-refractivity contribution in [3.8, 4) is 0 Å². The van der Waals surface area contributed by atoms with Gasteiger partial charge >= 0.3 is 0 Å². The highest BCUT2D eigenvalue weighted by Gasteiger charge is 2.27. The Morgan fingerprint density at radius 2 is 0.962 bits per heavy atom. The van der Waals surface area contributed by atoms with Gasteiger partial charge in [0.15, 0.2) is 0 Å². The Morgan fingerprint density at radius 3 is 1.23 bits per heavy atom. The third kappa shape index (κ3) is 13.1. The molecule has 0 aliphatic rings. The zero-order chi connectivity index (χ0) is 20.1. The number of hydrogen-bond donors (Lipinski definition) is 0. The Balaban J connectivity index is 4.27. The second-order valence-corrected chi connectivity index (χ2v) is 9.47. The van der Waals surface area contributed by atoms with Crippen LogP contribution < -0.4 is 0 Å². The monoisotopic (exact) mass is 370 g/mol. The molecule has 0 rings (SSSR count). The lowest BCUT2D eigenvalue weighted by molar-refractivity contribution is -0.0794. The van der Waals surface area contributed by atoms with Gasteiger partial charge in [-0.25, -0.2) is 0 Å². The molecule has 0 aliphatic carbocycles. The van der Waals surface area contributed by atoms with Gasteiger partial charge < -0.3 is 9.47 Å². The molecule has 2 unspecified atom stereocenters. The first-order valence-corrected chi connectivity index (χ1v) is 11.5. The average molecular weight is 371 g/mol. The van der Waals surface area contributed by atoms with Crippen molar-refractivity contribution in [1.82, 2.24) is 0 Å². The Bertz CT molecular complexity index is 290. The van der Waals surface area contributed by atoms with Gasteiger partial charge in [-0.05, 0) is 65.2 Å². The average Bonchev–Trinajstić information content (AvgIpc) is 2.60. The van der Waals surface area contributed by atoms with Gasteiger partial charge in [0.2, 0.25) is 0 Å². The Morgan fingerprint density at radius 1 is 0.615 bits per heavy atom. The summed E-state index contributed by atoms with van der Waals surface area (Å²) in [6.45, 7) is 19.9. The highest BCUT2D eigenvalue weighted by Crippen LogP contribution is 2.27. The zero-order valence-corrected chi connectivity index (χ0v) is 19.5. The maximum absolute atomic E-state index is 6.32. The molecule has 2 nitrogen and oxygen atoms in total. The van der Waals surface area contributed by atoms with E-state index in [2.05, 4.69) is 55.4 Å². The van der Waals surface area contributed by atoms with Gasteiger partial charge in [-0.15, -0.1) is 0 Å². The summed E-state index contributed by atoms with van der Waals surface area (Å²) in [4.78, 5) is 0. The van der Waals surface area contributed by atoms with Crippen molar-refractivity contribution in [3.63, 3.8) is 0 Å². The molecule has 0 N–H and O–H groups in total. The minimum absolute atomic E-state index is 0.0629. The summed E-state index contributed by atoms with van der Waals surface area (Å²) in [5.41, 5.74) is -0.126. The fraction of sp³-hybridized carbons (Fsp3) is 1.00. The van der Waals surface area contributed by atoms with Crippen molar-refractivity contribution in [1.29, 1.82) is 0 Å². The molecule has 0 amide bonds. The van der Waals surface area contributed by atoms with Crippen LogP contribution in [0.4, 0.5) is 0 Å². The standard InChI is InChI=1S/C24H50O2/c1-9-13-15-21(11-3)19-25-23(5,6)17-18-24(7,8)26-20-22(12-4)16-14-10-2/h21-22H,9-20H2,1-8H3. The van der Waals surface area contributed by atoms with Gasteiger partial charge in [0.05, 0.1) is 24.4 Å². The van der Waals surface area contributed by atoms with Crippen molar-refractivity contribution in [2.24, 2.45) is 11.8 Å². The first-order chi connectivity index (χ1) is 12.2. The van der Waals surface area contributed by atoms with E-state index in [1.54, 1.807) is 0 Å². The molecule has 0 fully saturated rings. The van der Waals surface area contributed by atoms with Crippen LogP contribution in [0.5, 0.6) is 0 Å². The summed E-state index contributed by atoms with van der Waals surface area (Å²) < 4.78 is 12.6. The molecule has 0 saturated carbocycles. The van der Waals surface area contributed by atoms with Gasteiger partial charge in [-0.3, -0.25) is 0 Å². The van der Waals surface area contributed by atoms with Crippen LogP contribution in [0.15, 0.2) is 0 Å². The third-order valence-corrected chi connectivity index (χ3v) is 5.84. The summed E-state index contributed by atoms with van der Waals surface area (Å²) in [6.07, 6.45) is 12.3. The Hall–Kier alpha value is -0.0800. The van der Waals surface area contributed by atoms with Gasteiger partial charge in [-0.2, -0.15) is 0 Å². The normalized spacial score (nSPS) is 15.2. The van der Waals surface area contributed by atoms with Crippen LogP contribution in [0, 0.1) is 11.8 Å². The molecule has 0 aromatic rings. The lowest BCUT2D eigenvalue weighted by Crippen LogP contribution is -2.33. The molecule has 158 valence electrons. The maximum Gasteiger partial charge on any atom is 0.0627 e. The van der Waals surface area contributed by atoms with Gasteiger partial charge in [0.1, 0.15) is 0 Å². The third-order valence-electron chi connectivity index (χ3n) is 5.84. The van der Waals surface area contributed by atoms with Crippen LogP contribution in [-0.2, 0) is 9.47 Å². The summed E-state index contributed by atoms with van der Waals surface area (Å²) >= 11 is 0. The fourth-order valence-corrected chi connectivity index (χ4v) is 3.23. The van der Waals surface area contributed by atoms with Crippen molar-refractivity contribution in [3.05, 3.63) is 0 Å². The molecule has 0 aromatic carbocycles. The van der Waals surface area contributed by atoms with E-state index in [9.17, 15) is 0 Å². The van der Waals surface area contributed by atoms with Crippen molar-refractivity contribution in [2.75, 3.05) is 13.2 Å². The molecule has 0 aromatic heterocycles. The highest BCUT2D eigenvalue weighted by atomic mass is 16.5. The number of unbranched alkanes of at least 4 members (excludes halogenated alkanes) is 2. The molecular formula is C24H50O2. The minimum Gasteiger partial charge on any atom is -0.375 e. The maximum atomic E-state index is 6.32. The summed E-state index contributed by atoms with van der Waals surface area (Å²) in [5, 5.41) is 0. The number of ether oxygens (including phenoxy) is 2. The lowest BCUT2D eigenvalue weighted by atomic mass is 9.92. The molecule has 2 atom stereocenters. The molecule has 0 bridgehead atoms. The molecule has 26 heavy (non-hydrogen) atoms. The smallest absolute Gasteiger partial charge is 0.0627 e. The van der Waals surface area contributed by atoms with Crippen molar-refractivity contribution in [2.45, 2.75) is 131 Å². The van der Waals surface area contributed by atoms with Crippen molar-refractivity contribution >= 4 is 0 Å². The second kappa shape index (κ2) is 14.0. The van der Waals surface area contributed by atoms with Crippen LogP contribution in [0.3, 0.4) is 0 Å². The molecule has 2 heteroatoms. The Kier molecular flexibility index (Phi) is 14.0. The summed E-state index contributed by atoms with van der Waals surface area (Å²) in [6, 6.07) is 0. The van der Waals surface area contributed by atoms with E-state index < -0.39 is 0 Å². The van der Waals surface area contributed by atoms with Gasteiger partial charge in [-0.1, -0.05) is 66.2 Å². The summed E-state index contributed by atoms with van der Waals surface area (Å²) in [5.74, 6) is 1.42. The van der Waals surface area contributed by atoms with Crippen LogP contribution in [-0.4, -0.2) is 24.4 Å². The SMILES string of the molecule is CCCCC(CC)COC(C)(C)CCC(C)(C)OCC(CC)CCCC. The largest absolute Gasteiger partial charge is 0.375 e. The predicted octanol–water partition coefficient (Wildman–Crippen LogP) is 7.79. The quantitative estimate of drug-likeness (QED) is 0.260. The Labute approximate surface area is 165 Å². The minimum atomic E-state index is -0.0629. The first-order valence-electron chi connectivity index (χ1n) is 11.5. The van der Waals surface area contributed by atoms with Crippen LogP contribution in [0.1, 0.15) is 120 Å². The number of hydrogen-bond acceptors (Lipinski definition) is 2. The van der Waals surface area contributed by atoms with Crippen LogP contribution in [0.2, 0.25) is 0 Å². The topological polar surface area (TPSA) is 18.5 Å². The molecule has 0 radical (unpaired) electrons. The molecule has 0 spiro atoms. The highest BCUT2D eigenvalue weighted by molar-refractivity contribution is 4.78. The van der Waals surface area contributed by atoms with E-state index in [0.717, 1.165) is 26.1 Å². The van der Waals surface area contributed by atoms with Gasteiger partial charge in [0, 0.05) is 0 Å². The van der Waals surface area contributed by atoms with E-state index >= 15 is 0 Å². The van der Waals surface area contributed by atoms with Crippen molar-refractivity contribution < 1.29 is 9.47 Å². The first kappa shape index (κ1) is 25.9. The van der Waals surface area contributed by atoms with E-state index in [0.29, 0.717) is 11.8 Å². The van der Waals surface area contributed by atoms with E-state index in [1.807, 2.05) is 0 Å². The molecular weight excluding hydrogens is 320 g/mol. The lowest BCUT2D eigenvalue weighted by Gasteiger charge is -2.33. The van der Waals surface area contributed by atoms with E-state index in [4.69, 9.17) is 9.47 Å². The number of rotatable bonds is 17. The van der Waals surface area contributed by atoms with Crippen LogP contribution >= 0.6 is 0 Å². The second-order valence-electron chi connectivity index (χ2n) is 9.47. The summed E-state index contributed by atoms with van der Waals surface area (Å²) in [7, 11) is 0. The fourth-order valence-electron chi connectivity index (χ4n) is 3.23. The molecule has 0 heterocycles. The zero-order valence-electron chi connectivity index (χ0n) is 19.5. The van der Waals surface area contributed by atoms with Gasteiger partial charge in [0.25, 0.3) is 0 Å². The predicted molar refractivity (Wildman–Crippen MR) is 116 cm³/mol. The van der Waals surface area contributed by atoms with Crippen LogP contribution in [0.25, 0.3) is 0 Å². The van der Waals surface area contributed by atoms with E-state index in [-0.39, 0.29) is 11.2 Å².